The first kappa shape index (κ1) is 21.3. The number of carbonyl (C=O) groups is 2. The molecule has 2 aromatic carbocycles. The lowest BCUT2D eigenvalue weighted by atomic mass is 9.98. The minimum absolute atomic E-state index is 0.0142. The van der Waals surface area contributed by atoms with Gasteiger partial charge in [0, 0.05) is 17.2 Å². The van der Waals surface area contributed by atoms with Crippen molar-refractivity contribution in [1.82, 2.24) is 10.6 Å². The average Bonchev–Trinajstić information content (AvgIpc) is 2.63. The van der Waals surface area contributed by atoms with Gasteiger partial charge in [0.1, 0.15) is 11.8 Å². The van der Waals surface area contributed by atoms with Gasteiger partial charge in [-0.05, 0) is 38.1 Å². The van der Waals surface area contributed by atoms with E-state index >= 15 is 0 Å². The number of carbonyl (C=O) groups excluding carboxylic acids is 2. The Morgan fingerprint density at radius 1 is 1.00 bits per heavy atom. The van der Waals surface area contributed by atoms with E-state index in [1.54, 1.807) is 31.3 Å². The fourth-order valence-corrected chi connectivity index (χ4v) is 2.68. The minimum atomic E-state index is -2.89. The molecule has 0 aliphatic heterocycles. The SMILES string of the molecule is CC(C)NC(=O)NC(=O)C[NH2+][C@@H](c1ccccc1)c1ccc(OC(F)F)cc1. The molecule has 1 atom stereocenters. The van der Waals surface area contributed by atoms with Crippen molar-refractivity contribution < 1.29 is 28.4 Å². The molecule has 150 valence electrons. The Balaban J connectivity index is 2.08. The van der Waals surface area contributed by atoms with Gasteiger partial charge >= 0.3 is 12.6 Å². The molecule has 0 saturated carbocycles. The van der Waals surface area contributed by atoms with Crippen molar-refractivity contribution in [3.8, 4) is 5.75 Å². The zero-order valence-corrected chi connectivity index (χ0v) is 15.7. The van der Waals surface area contributed by atoms with Gasteiger partial charge in [-0.15, -0.1) is 0 Å². The van der Waals surface area contributed by atoms with E-state index in [-0.39, 0.29) is 24.4 Å². The molecule has 3 amide bonds. The van der Waals surface area contributed by atoms with Gasteiger partial charge in [-0.25, -0.2) is 4.79 Å². The van der Waals surface area contributed by atoms with Crippen LogP contribution in [-0.2, 0) is 4.79 Å². The van der Waals surface area contributed by atoms with E-state index in [0.29, 0.717) is 0 Å². The summed E-state index contributed by atoms with van der Waals surface area (Å²) < 4.78 is 29.0. The molecule has 0 bridgehead atoms. The van der Waals surface area contributed by atoms with Crippen molar-refractivity contribution in [2.45, 2.75) is 32.5 Å². The molecule has 0 aromatic heterocycles. The van der Waals surface area contributed by atoms with E-state index in [2.05, 4.69) is 15.4 Å². The predicted octanol–water partition coefficient (Wildman–Crippen LogP) is 2.18. The van der Waals surface area contributed by atoms with Crippen molar-refractivity contribution in [3.05, 3.63) is 65.7 Å². The van der Waals surface area contributed by atoms with E-state index in [4.69, 9.17) is 0 Å². The maximum Gasteiger partial charge on any atom is 0.387 e. The summed E-state index contributed by atoms with van der Waals surface area (Å²) in [6, 6.07) is 14.8. The smallest absolute Gasteiger partial charge is 0.387 e. The first-order valence-electron chi connectivity index (χ1n) is 8.88. The number of hydrogen-bond acceptors (Lipinski definition) is 3. The van der Waals surface area contributed by atoms with E-state index in [1.165, 1.54) is 12.1 Å². The molecular formula is C20H24F2N3O3+. The van der Waals surface area contributed by atoms with Crippen molar-refractivity contribution in [3.63, 3.8) is 0 Å². The predicted molar refractivity (Wildman–Crippen MR) is 100.0 cm³/mol. The van der Waals surface area contributed by atoms with Crippen LogP contribution in [0, 0.1) is 0 Å². The minimum Gasteiger partial charge on any atom is -0.435 e. The zero-order valence-electron chi connectivity index (χ0n) is 15.7. The number of imide groups is 1. The molecule has 2 rings (SSSR count). The number of amides is 3. The molecule has 0 fully saturated rings. The molecule has 2 aromatic rings. The van der Waals surface area contributed by atoms with Gasteiger partial charge in [-0.1, -0.05) is 30.3 Å². The Hall–Kier alpha value is -3.00. The number of alkyl halides is 2. The van der Waals surface area contributed by atoms with Crippen molar-refractivity contribution in [2.75, 3.05) is 6.54 Å². The standard InChI is InChI=1S/C20H23F2N3O3/c1-13(2)24-20(27)25-17(26)12-23-18(14-6-4-3-5-7-14)15-8-10-16(11-9-15)28-19(21)22/h3-11,13,18-19,23H,12H2,1-2H3,(H2,24,25,26,27)/p+1/t18-/m0/s1. The Morgan fingerprint density at radius 3 is 2.18 bits per heavy atom. The second kappa shape index (κ2) is 10.4. The maximum absolute atomic E-state index is 12.3. The van der Waals surface area contributed by atoms with Gasteiger partial charge in [-0.3, -0.25) is 10.1 Å². The largest absolute Gasteiger partial charge is 0.435 e. The van der Waals surface area contributed by atoms with Gasteiger partial charge in [0.05, 0.1) is 0 Å². The van der Waals surface area contributed by atoms with Gasteiger partial charge < -0.3 is 15.4 Å². The van der Waals surface area contributed by atoms with Crippen LogP contribution >= 0.6 is 0 Å². The number of rotatable bonds is 8. The average molecular weight is 392 g/mol. The number of nitrogens with two attached hydrogens (primary N) is 1. The molecule has 0 aliphatic rings. The molecule has 0 spiro atoms. The molecule has 28 heavy (non-hydrogen) atoms. The van der Waals surface area contributed by atoms with Crippen molar-refractivity contribution in [2.24, 2.45) is 0 Å². The Kier molecular flexibility index (Phi) is 7.88. The molecule has 0 radical (unpaired) electrons. The quantitative estimate of drug-likeness (QED) is 0.644. The van der Waals surface area contributed by atoms with Crippen LogP contribution in [0.4, 0.5) is 13.6 Å². The van der Waals surface area contributed by atoms with Crippen LogP contribution in [0.3, 0.4) is 0 Å². The summed E-state index contributed by atoms with van der Waals surface area (Å²) in [5, 5.41) is 6.64. The Morgan fingerprint density at radius 2 is 1.61 bits per heavy atom. The highest BCUT2D eigenvalue weighted by Crippen LogP contribution is 2.22. The number of urea groups is 1. The van der Waals surface area contributed by atoms with Crippen molar-refractivity contribution >= 4 is 11.9 Å². The third-order valence-electron chi connectivity index (χ3n) is 3.83. The molecule has 6 nitrogen and oxygen atoms in total. The summed E-state index contributed by atoms with van der Waals surface area (Å²) in [6.07, 6.45) is 0. The third kappa shape index (κ3) is 6.96. The maximum atomic E-state index is 12.3. The number of quaternary nitrogens is 1. The number of benzene rings is 2. The van der Waals surface area contributed by atoms with Crippen LogP contribution in [0.25, 0.3) is 0 Å². The van der Waals surface area contributed by atoms with Crippen LogP contribution in [0.1, 0.15) is 31.0 Å². The molecule has 8 heteroatoms. The summed E-state index contributed by atoms with van der Waals surface area (Å²) in [5.74, 6) is -0.370. The lowest BCUT2D eigenvalue weighted by Gasteiger charge is -2.17. The first-order chi connectivity index (χ1) is 13.3. The van der Waals surface area contributed by atoms with Gasteiger partial charge in [0.25, 0.3) is 5.91 Å². The summed E-state index contributed by atoms with van der Waals surface area (Å²) in [5.41, 5.74) is 1.75. The number of hydrogen-bond donors (Lipinski definition) is 3. The van der Waals surface area contributed by atoms with E-state index in [1.807, 2.05) is 30.3 Å². The normalized spacial score (nSPS) is 11.9. The zero-order chi connectivity index (χ0) is 20.5. The molecule has 0 saturated heterocycles. The van der Waals surface area contributed by atoms with Crippen LogP contribution in [0.5, 0.6) is 5.75 Å². The van der Waals surface area contributed by atoms with Crippen LogP contribution < -0.4 is 20.7 Å². The summed E-state index contributed by atoms with van der Waals surface area (Å²) >= 11 is 0. The molecule has 0 heterocycles. The second-order valence-electron chi connectivity index (χ2n) is 6.45. The van der Waals surface area contributed by atoms with Crippen molar-refractivity contribution in [1.29, 1.82) is 0 Å². The molecule has 4 N–H and O–H groups in total. The summed E-state index contributed by atoms with van der Waals surface area (Å²) in [7, 11) is 0. The molecule has 0 aliphatic carbocycles. The number of halogens is 2. The highest BCUT2D eigenvalue weighted by molar-refractivity contribution is 5.94. The number of nitrogens with one attached hydrogen (secondary N) is 2. The highest BCUT2D eigenvalue weighted by atomic mass is 19.3. The van der Waals surface area contributed by atoms with Gasteiger partial charge in [-0.2, -0.15) is 8.78 Å². The highest BCUT2D eigenvalue weighted by Gasteiger charge is 2.20. The Bertz CT molecular complexity index is 768. The molecular weight excluding hydrogens is 368 g/mol. The topological polar surface area (TPSA) is 84.0 Å². The first-order valence-corrected chi connectivity index (χ1v) is 8.88. The van der Waals surface area contributed by atoms with E-state index in [0.717, 1.165) is 11.1 Å². The summed E-state index contributed by atoms with van der Waals surface area (Å²) in [6.45, 7) is 0.717. The van der Waals surface area contributed by atoms with Crippen LogP contribution in [0.15, 0.2) is 54.6 Å². The monoisotopic (exact) mass is 392 g/mol. The van der Waals surface area contributed by atoms with Gasteiger partial charge in [0.2, 0.25) is 0 Å². The summed E-state index contributed by atoms with van der Waals surface area (Å²) in [4.78, 5) is 23.7. The van der Waals surface area contributed by atoms with E-state index < -0.39 is 18.5 Å². The Labute approximate surface area is 162 Å². The fraction of sp³-hybridized carbons (Fsp3) is 0.300. The third-order valence-corrected chi connectivity index (χ3v) is 3.83. The lowest BCUT2D eigenvalue weighted by Crippen LogP contribution is -2.88. The van der Waals surface area contributed by atoms with Crippen LogP contribution in [0.2, 0.25) is 0 Å². The lowest BCUT2D eigenvalue weighted by molar-refractivity contribution is -0.676. The number of ether oxygens (including phenoxy) is 1. The van der Waals surface area contributed by atoms with Crippen LogP contribution in [-0.4, -0.2) is 31.1 Å². The van der Waals surface area contributed by atoms with Gasteiger partial charge in [0.15, 0.2) is 6.54 Å². The van der Waals surface area contributed by atoms with E-state index in [9.17, 15) is 18.4 Å². The second-order valence-corrected chi connectivity index (χ2v) is 6.45. The fourth-order valence-electron chi connectivity index (χ4n) is 2.68. The molecule has 0 unspecified atom stereocenters.